The summed E-state index contributed by atoms with van der Waals surface area (Å²) in [6, 6.07) is 31.7. The first-order chi connectivity index (χ1) is 18.6. The van der Waals surface area contributed by atoms with Gasteiger partial charge >= 0.3 is 0 Å². The molecule has 38 heavy (non-hydrogen) atoms. The van der Waals surface area contributed by atoms with E-state index in [0.29, 0.717) is 61.9 Å². The van der Waals surface area contributed by atoms with E-state index in [-0.39, 0.29) is 5.78 Å². The van der Waals surface area contributed by atoms with Gasteiger partial charge in [0.15, 0.2) is 23.0 Å². The molecule has 0 spiro atoms. The second-order valence-electron chi connectivity index (χ2n) is 9.06. The molecular formula is C33H34O5. The van der Waals surface area contributed by atoms with Crippen molar-refractivity contribution in [3.8, 4) is 23.0 Å². The lowest BCUT2D eigenvalue weighted by Crippen LogP contribution is -2.03. The Labute approximate surface area is 225 Å². The molecule has 0 unspecified atom stereocenters. The third kappa shape index (κ3) is 7.87. The van der Waals surface area contributed by atoms with E-state index in [1.54, 1.807) is 14.2 Å². The van der Waals surface area contributed by atoms with Gasteiger partial charge in [-0.2, -0.15) is 0 Å². The fourth-order valence-electron chi connectivity index (χ4n) is 4.14. The molecule has 0 aromatic heterocycles. The second-order valence-corrected chi connectivity index (χ2v) is 9.06. The molecule has 0 amide bonds. The van der Waals surface area contributed by atoms with E-state index < -0.39 is 0 Å². The highest BCUT2D eigenvalue weighted by atomic mass is 16.5. The molecule has 0 aliphatic rings. The van der Waals surface area contributed by atoms with Crippen molar-refractivity contribution in [2.24, 2.45) is 0 Å². The van der Waals surface area contributed by atoms with E-state index in [0.717, 1.165) is 22.3 Å². The minimum atomic E-state index is 0.219. The van der Waals surface area contributed by atoms with Gasteiger partial charge in [0.05, 0.1) is 14.2 Å². The molecule has 0 N–H and O–H groups in total. The zero-order chi connectivity index (χ0) is 26.6. The lowest BCUT2D eigenvalue weighted by molar-refractivity contribution is -0.119. The summed E-state index contributed by atoms with van der Waals surface area (Å²) in [6.07, 6.45) is 2.26. The molecule has 0 heterocycles. The summed E-state index contributed by atoms with van der Waals surface area (Å²) in [6.45, 7) is 0.944. The summed E-state index contributed by atoms with van der Waals surface area (Å²) in [5, 5.41) is 0. The number of rotatable bonds is 14. The Morgan fingerprint density at radius 2 is 0.947 bits per heavy atom. The standard InChI is InChI=1S/C33H34O5/c1-35-32-21-25(15-19-30(32)37-23-27-9-5-3-6-10-27)13-17-29(34)18-14-26-16-20-31(33(22-26)36-2)38-24-28-11-7-4-8-12-28/h3-12,15-16,19-22H,13-14,17-18,23-24H2,1-2H3. The molecule has 5 heteroatoms. The molecule has 4 aromatic rings. The number of hydrogen-bond donors (Lipinski definition) is 0. The topological polar surface area (TPSA) is 54.0 Å². The Bertz CT molecular complexity index is 1200. The molecule has 0 fully saturated rings. The van der Waals surface area contributed by atoms with E-state index in [4.69, 9.17) is 18.9 Å². The summed E-state index contributed by atoms with van der Waals surface area (Å²) in [5.74, 6) is 2.95. The Morgan fingerprint density at radius 1 is 0.526 bits per heavy atom. The smallest absolute Gasteiger partial charge is 0.161 e. The lowest BCUT2D eigenvalue weighted by atomic mass is 10.0. The SMILES string of the molecule is COc1cc(CCC(=O)CCc2ccc(OCc3ccccc3)c(OC)c2)ccc1OCc1ccccc1. The van der Waals surface area contributed by atoms with Gasteiger partial charge in [-0.15, -0.1) is 0 Å². The minimum Gasteiger partial charge on any atom is -0.493 e. The van der Waals surface area contributed by atoms with Crippen molar-refractivity contribution in [3.05, 3.63) is 119 Å². The zero-order valence-electron chi connectivity index (χ0n) is 22.0. The van der Waals surface area contributed by atoms with Crippen molar-refractivity contribution in [1.82, 2.24) is 0 Å². The molecule has 4 rings (SSSR count). The zero-order valence-corrected chi connectivity index (χ0v) is 22.0. The van der Waals surface area contributed by atoms with Crippen LogP contribution < -0.4 is 18.9 Å². The van der Waals surface area contributed by atoms with Gasteiger partial charge in [0.25, 0.3) is 0 Å². The highest BCUT2D eigenvalue weighted by Crippen LogP contribution is 2.31. The van der Waals surface area contributed by atoms with Crippen molar-refractivity contribution >= 4 is 5.78 Å². The Morgan fingerprint density at radius 3 is 1.34 bits per heavy atom. The highest BCUT2D eigenvalue weighted by Gasteiger charge is 2.11. The summed E-state index contributed by atoms with van der Waals surface area (Å²) >= 11 is 0. The minimum absolute atomic E-state index is 0.219. The van der Waals surface area contributed by atoms with Gasteiger partial charge in [-0.25, -0.2) is 0 Å². The van der Waals surface area contributed by atoms with E-state index in [1.165, 1.54) is 0 Å². The predicted molar refractivity (Wildman–Crippen MR) is 149 cm³/mol. The summed E-state index contributed by atoms with van der Waals surface area (Å²) < 4.78 is 22.9. The molecule has 0 aliphatic heterocycles. The number of methoxy groups -OCH3 is 2. The van der Waals surface area contributed by atoms with Gasteiger partial charge in [-0.05, 0) is 59.4 Å². The monoisotopic (exact) mass is 510 g/mol. The quantitative estimate of drug-likeness (QED) is 0.183. The van der Waals surface area contributed by atoms with Crippen LogP contribution in [0.4, 0.5) is 0 Å². The first-order valence-electron chi connectivity index (χ1n) is 12.8. The maximum atomic E-state index is 12.6. The molecule has 5 nitrogen and oxygen atoms in total. The normalized spacial score (nSPS) is 10.6. The number of carbonyl (C=O) groups is 1. The number of Topliss-reactive ketones (excluding diaryl/α,β-unsaturated/α-hetero) is 1. The van der Waals surface area contributed by atoms with E-state index >= 15 is 0 Å². The van der Waals surface area contributed by atoms with Gasteiger partial charge in [0.2, 0.25) is 0 Å². The molecule has 0 aliphatic carbocycles. The van der Waals surface area contributed by atoms with Crippen LogP contribution >= 0.6 is 0 Å². The van der Waals surface area contributed by atoms with E-state index in [9.17, 15) is 4.79 Å². The van der Waals surface area contributed by atoms with Crippen LogP contribution in [0.25, 0.3) is 0 Å². The summed E-state index contributed by atoms with van der Waals surface area (Å²) in [4.78, 5) is 12.6. The van der Waals surface area contributed by atoms with Gasteiger partial charge < -0.3 is 18.9 Å². The molecule has 0 atom stereocenters. The average Bonchev–Trinajstić information content (AvgIpc) is 2.98. The van der Waals surface area contributed by atoms with Crippen molar-refractivity contribution in [3.63, 3.8) is 0 Å². The molecule has 0 saturated carbocycles. The first-order valence-corrected chi connectivity index (χ1v) is 12.8. The van der Waals surface area contributed by atoms with Gasteiger partial charge in [0, 0.05) is 12.8 Å². The van der Waals surface area contributed by atoms with Crippen LogP contribution in [-0.2, 0) is 30.8 Å². The number of benzene rings is 4. The molecular weight excluding hydrogens is 476 g/mol. The van der Waals surface area contributed by atoms with Gasteiger partial charge in [-0.3, -0.25) is 4.79 Å². The number of aryl methyl sites for hydroxylation is 2. The largest absolute Gasteiger partial charge is 0.493 e. The third-order valence-electron chi connectivity index (χ3n) is 6.32. The third-order valence-corrected chi connectivity index (χ3v) is 6.32. The van der Waals surface area contributed by atoms with Gasteiger partial charge in [0.1, 0.15) is 19.0 Å². The van der Waals surface area contributed by atoms with Crippen LogP contribution in [0.5, 0.6) is 23.0 Å². The van der Waals surface area contributed by atoms with Crippen molar-refractivity contribution in [1.29, 1.82) is 0 Å². The number of ketones is 1. The number of carbonyl (C=O) groups excluding carboxylic acids is 1. The van der Waals surface area contributed by atoms with Gasteiger partial charge in [-0.1, -0.05) is 72.8 Å². The maximum Gasteiger partial charge on any atom is 0.161 e. The molecule has 4 aromatic carbocycles. The molecule has 0 saturated heterocycles. The fourth-order valence-corrected chi connectivity index (χ4v) is 4.14. The first kappa shape index (κ1) is 26.8. The Hall–Kier alpha value is -4.25. The number of ether oxygens (including phenoxy) is 4. The van der Waals surface area contributed by atoms with Crippen molar-refractivity contribution in [2.75, 3.05) is 14.2 Å². The van der Waals surface area contributed by atoms with E-state index in [1.807, 2.05) is 97.1 Å². The van der Waals surface area contributed by atoms with Crippen molar-refractivity contribution < 1.29 is 23.7 Å². The lowest BCUT2D eigenvalue weighted by Gasteiger charge is -2.13. The van der Waals surface area contributed by atoms with Crippen LogP contribution in [0.1, 0.15) is 35.1 Å². The maximum absolute atomic E-state index is 12.6. The molecule has 0 bridgehead atoms. The highest BCUT2D eigenvalue weighted by molar-refractivity contribution is 5.79. The van der Waals surface area contributed by atoms with Crippen LogP contribution in [-0.4, -0.2) is 20.0 Å². The Balaban J connectivity index is 1.25. The van der Waals surface area contributed by atoms with Crippen LogP contribution in [0.15, 0.2) is 97.1 Å². The summed E-state index contributed by atoms with van der Waals surface area (Å²) in [5.41, 5.74) is 4.28. The fraction of sp³-hybridized carbons (Fsp3) is 0.242. The molecule has 0 radical (unpaired) electrons. The van der Waals surface area contributed by atoms with Crippen molar-refractivity contribution in [2.45, 2.75) is 38.9 Å². The average molecular weight is 511 g/mol. The van der Waals surface area contributed by atoms with Crippen LogP contribution in [0, 0.1) is 0 Å². The molecule has 196 valence electrons. The summed E-state index contributed by atoms with van der Waals surface area (Å²) in [7, 11) is 3.26. The Kier molecular flexibility index (Phi) is 9.80. The predicted octanol–water partition coefficient (Wildman–Crippen LogP) is 7.00. The number of hydrogen-bond acceptors (Lipinski definition) is 5. The van der Waals surface area contributed by atoms with E-state index in [2.05, 4.69) is 0 Å². The second kappa shape index (κ2) is 13.9. The van der Waals surface area contributed by atoms with Crippen LogP contribution in [0.3, 0.4) is 0 Å². The van der Waals surface area contributed by atoms with Crippen LogP contribution in [0.2, 0.25) is 0 Å².